The average molecular weight is 414 g/mol. The van der Waals surface area contributed by atoms with Crippen molar-refractivity contribution in [2.24, 2.45) is 0 Å². The molecule has 3 aromatic rings. The van der Waals surface area contributed by atoms with Gasteiger partial charge in [-0.15, -0.1) is 11.8 Å². The number of benzene rings is 2. The van der Waals surface area contributed by atoms with Gasteiger partial charge >= 0.3 is 0 Å². The summed E-state index contributed by atoms with van der Waals surface area (Å²) in [6.45, 7) is 0. The number of methoxy groups -OCH3 is 1. The van der Waals surface area contributed by atoms with Crippen LogP contribution in [0.2, 0.25) is 0 Å². The van der Waals surface area contributed by atoms with E-state index in [1.54, 1.807) is 43.1 Å². The summed E-state index contributed by atoms with van der Waals surface area (Å²) < 4.78 is 5.09. The molecular formula is C20H19N3O3S2. The summed E-state index contributed by atoms with van der Waals surface area (Å²) in [6.07, 6.45) is 0. The monoisotopic (exact) mass is 413 g/mol. The molecule has 0 atom stereocenters. The molecule has 0 saturated heterocycles. The second kappa shape index (κ2) is 10.0. The summed E-state index contributed by atoms with van der Waals surface area (Å²) in [7, 11) is 1.59. The number of aromatic amines is 1. The van der Waals surface area contributed by atoms with Gasteiger partial charge in [-0.25, -0.2) is 4.98 Å². The Bertz CT molecular complexity index is 976. The minimum atomic E-state index is -0.225. The van der Waals surface area contributed by atoms with Crippen LogP contribution in [-0.2, 0) is 10.5 Å². The maximum Gasteiger partial charge on any atom is 0.251 e. The Hall–Kier alpha value is -2.71. The van der Waals surface area contributed by atoms with E-state index in [1.165, 1.54) is 17.8 Å². The quantitative estimate of drug-likeness (QED) is 0.432. The summed E-state index contributed by atoms with van der Waals surface area (Å²) in [5.74, 6) is 1.27. The summed E-state index contributed by atoms with van der Waals surface area (Å²) in [6, 6.07) is 18.5. The standard InChI is InChI=1S/C20H19N3O3S2/c1-26-16-9-7-14(8-10-16)21-19(25)13-28-20-22-15(11-18(24)23-20)12-27-17-5-3-2-4-6-17/h2-11H,12-13H2,1H3,(H,21,25)(H,22,23,24). The van der Waals surface area contributed by atoms with Crippen LogP contribution in [0.4, 0.5) is 5.69 Å². The van der Waals surface area contributed by atoms with Gasteiger partial charge in [0.1, 0.15) is 5.75 Å². The first-order valence-electron chi connectivity index (χ1n) is 8.47. The van der Waals surface area contributed by atoms with E-state index >= 15 is 0 Å². The lowest BCUT2D eigenvalue weighted by Crippen LogP contribution is -2.15. The Morgan fingerprint density at radius 2 is 1.86 bits per heavy atom. The van der Waals surface area contributed by atoms with E-state index in [1.807, 2.05) is 30.3 Å². The first kappa shape index (κ1) is 20.0. The molecule has 6 nitrogen and oxygen atoms in total. The number of hydrogen-bond donors (Lipinski definition) is 2. The second-order valence-corrected chi connectivity index (χ2v) is 7.72. The van der Waals surface area contributed by atoms with E-state index in [9.17, 15) is 9.59 Å². The Balaban J connectivity index is 1.55. The van der Waals surface area contributed by atoms with Gasteiger partial charge in [-0.2, -0.15) is 0 Å². The van der Waals surface area contributed by atoms with Crippen LogP contribution < -0.4 is 15.6 Å². The number of rotatable bonds is 8. The van der Waals surface area contributed by atoms with E-state index in [-0.39, 0.29) is 17.2 Å². The molecule has 144 valence electrons. The van der Waals surface area contributed by atoms with Gasteiger partial charge in [0.05, 0.1) is 18.6 Å². The molecular weight excluding hydrogens is 394 g/mol. The van der Waals surface area contributed by atoms with Crippen LogP contribution in [0.25, 0.3) is 0 Å². The number of amides is 1. The molecule has 0 radical (unpaired) electrons. The van der Waals surface area contributed by atoms with Crippen molar-refractivity contribution in [3.8, 4) is 5.75 Å². The van der Waals surface area contributed by atoms with Crippen molar-refractivity contribution in [3.05, 3.63) is 76.7 Å². The summed E-state index contributed by atoms with van der Waals surface area (Å²) >= 11 is 2.80. The van der Waals surface area contributed by atoms with Crippen LogP contribution in [0.15, 0.2) is 75.5 Å². The molecule has 0 unspecified atom stereocenters. The average Bonchev–Trinajstić information content (AvgIpc) is 2.72. The van der Waals surface area contributed by atoms with Crippen molar-refractivity contribution in [2.75, 3.05) is 18.2 Å². The molecule has 1 heterocycles. The number of aromatic nitrogens is 2. The Labute approximate surface area is 171 Å². The molecule has 0 saturated carbocycles. The van der Waals surface area contributed by atoms with Crippen LogP contribution in [0.3, 0.4) is 0 Å². The highest BCUT2D eigenvalue weighted by Gasteiger charge is 2.08. The predicted molar refractivity (Wildman–Crippen MR) is 113 cm³/mol. The maximum atomic E-state index is 12.1. The van der Waals surface area contributed by atoms with Gasteiger partial charge < -0.3 is 15.0 Å². The third kappa shape index (κ3) is 6.17. The third-order valence-corrected chi connectivity index (χ3v) is 5.54. The maximum absolute atomic E-state index is 12.1. The third-order valence-electron chi connectivity index (χ3n) is 3.62. The molecule has 0 spiro atoms. The molecule has 1 aromatic heterocycles. The zero-order valence-corrected chi connectivity index (χ0v) is 16.8. The van der Waals surface area contributed by atoms with Gasteiger partial charge in [0.15, 0.2) is 5.16 Å². The zero-order valence-electron chi connectivity index (χ0n) is 15.2. The number of ether oxygens (including phenoxy) is 1. The van der Waals surface area contributed by atoms with Crippen molar-refractivity contribution in [2.45, 2.75) is 15.8 Å². The van der Waals surface area contributed by atoms with Gasteiger partial charge in [-0.05, 0) is 36.4 Å². The number of carbonyl (C=O) groups is 1. The topological polar surface area (TPSA) is 84.1 Å². The number of nitrogens with zero attached hydrogens (tertiary/aromatic N) is 1. The minimum absolute atomic E-state index is 0.143. The van der Waals surface area contributed by atoms with E-state index in [0.717, 1.165) is 10.6 Å². The number of hydrogen-bond acceptors (Lipinski definition) is 6. The summed E-state index contributed by atoms with van der Waals surface area (Å²) in [5, 5.41) is 3.23. The van der Waals surface area contributed by atoms with E-state index < -0.39 is 0 Å². The Morgan fingerprint density at radius 3 is 2.57 bits per heavy atom. The molecule has 0 fully saturated rings. The van der Waals surface area contributed by atoms with Gasteiger partial charge in [-0.1, -0.05) is 30.0 Å². The van der Waals surface area contributed by atoms with Crippen LogP contribution in [0.5, 0.6) is 5.75 Å². The van der Waals surface area contributed by atoms with Crippen molar-refractivity contribution in [1.29, 1.82) is 0 Å². The van der Waals surface area contributed by atoms with Crippen molar-refractivity contribution < 1.29 is 9.53 Å². The lowest BCUT2D eigenvalue weighted by Gasteiger charge is -2.07. The summed E-state index contributed by atoms with van der Waals surface area (Å²) in [5.41, 5.74) is 1.13. The first-order chi connectivity index (χ1) is 13.6. The number of nitrogens with one attached hydrogen (secondary N) is 2. The highest BCUT2D eigenvalue weighted by Crippen LogP contribution is 2.22. The van der Waals surface area contributed by atoms with E-state index in [0.29, 0.717) is 22.3 Å². The molecule has 1 amide bonds. The molecule has 2 N–H and O–H groups in total. The fraction of sp³-hybridized carbons (Fsp3) is 0.150. The van der Waals surface area contributed by atoms with Gasteiger partial charge in [0, 0.05) is 22.4 Å². The fourth-order valence-electron chi connectivity index (χ4n) is 2.31. The molecule has 8 heteroatoms. The number of anilines is 1. The smallest absolute Gasteiger partial charge is 0.251 e. The highest BCUT2D eigenvalue weighted by molar-refractivity contribution is 7.99. The molecule has 28 heavy (non-hydrogen) atoms. The molecule has 3 rings (SSSR count). The van der Waals surface area contributed by atoms with Crippen molar-refractivity contribution in [1.82, 2.24) is 9.97 Å². The van der Waals surface area contributed by atoms with Crippen LogP contribution >= 0.6 is 23.5 Å². The fourth-order valence-corrected chi connectivity index (χ4v) is 3.81. The molecule has 2 aromatic carbocycles. The normalized spacial score (nSPS) is 10.5. The number of thioether (sulfide) groups is 2. The predicted octanol–water partition coefficient (Wildman–Crippen LogP) is 3.80. The molecule has 0 aliphatic heterocycles. The SMILES string of the molecule is COc1ccc(NC(=O)CSc2nc(CSc3ccccc3)cc(=O)[nH]2)cc1. The zero-order chi connectivity index (χ0) is 19.8. The number of carbonyl (C=O) groups excluding carboxylic acids is 1. The summed E-state index contributed by atoms with van der Waals surface area (Å²) in [4.78, 5) is 32.2. The van der Waals surface area contributed by atoms with E-state index in [4.69, 9.17) is 4.74 Å². The second-order valence-electron chi connectivity index (χ2n) is 5.71. The van der Waals surface area contributed by atoms with Gasteiger partial charge in [0.25, 0.3) is 5.56 Å². The largest absolute Gasteiger partial charge is 0.497 e. The van der Waals surface area contributed by atoms with Crippen molar-refractivity contribution >= 4 is 35.1 Å². The number of H-pyrrole nitrogens is 1. The minimum Gasteiger partial charge on any atom is -0.497 e. The highest BCUT2D eigenvalue weighted by atomic mass is 32.2. The van der Waals surface area contributed by atoms with Crippen LogP contribution in [0.1, 0.15) is 5.69 Å². The van der Waals surface area contributed by atoms with E-state index in [2.05, 4.69) is 15.3 Å². The van der Waals surface area contributed by atoms with Gasteiger partial charge in [-0.3, -0.25) is 9.59 Å². The first-order valence-corrected chi connectivity index (χ1v) is 10.4. The molecule has 0 bridgehead atoms. The Kier molecular flexibility index (Phi) is 7.16. The van der Waals surface area contributed by atoms with Crippen molar-refractivity contribution in [3.63, 3.8) is 0 Å². The Morgan fingerprint density at radius 1 is 1.11 bits per heavy atom. The lowest BCUT2D eigenvalue weighted by atomic mass is 10.3. The van der Waals surface area contributed by atoms with Crippen LogP contribution in [-0.4, -0.2) is 28.7 Å². The van der Waals surface area contributed by atoms with Gasteiger partial charge in [0.2, 0.25) is 5.91 Å². The van der Waals surface area contributed by atoms with Crippen LogP contribution in [0, 0.1) is 0 Å². The molecule has 0 aliphatic rings. The lowest BCUT2D eigenvalue weighted by molar-refractivity contribution is -0.113. The molecule has 0 aliphatic carbocycles.